The van der Waals surface area contributed by atoms with Crippen LogP contribution in [0.2, 0.25) is 0 Å². The van der Waals surface area contributed by atoms with Gasteiger partial charge < -0.3 is 10.4 Å². The van der Waals surface area contributed by atoms with Crippen LogP contribution in [0.3, 0.4) is 0 Å². The van der Waals surface area contributed by atoms with Crippen LogP contribution in [0.1, 0.15) is 23.5 Å². The van der Waals surface area contributed by atoms with E-state index in [0.717, 1.165) is 18.7 Å². The van der Waals surface area contributed by atoms with Gasteiger partial charge in [0.1, 0.15) is 0 Å². The molecule has 1 aromatic rings. The van der Waals surface area contributed by atoms with Gasteiger partial charge >= 0.3 is 6.18 Å². The van der Waals surface area contributed by atoms with E-state index in [1.165, 1.54) is 6.07 Å². The monoisotopic (exact) mass is 245 g/mol. The molecule has 5 heteroatoms. The van der Waals surface area contributed by atoms with E-state index in [1.54, 1.807) is 6.07 Å². The van der Waals surface area contributed by atoms with Crippen LogP contribution < -0.4 is 5.32 Å². The van der Waals surface area contributed by atoms with Gasteiger partial charge in [-0.05, 0) is 24.6 Å². The van der Waals surface area contributed by atoms with Gasteiger partial charge in [-0.25, -0.2) is 0 Å². The maximum Gasteiger partial charge on any atom is 0.416 e. The molecule has 1 saturated heterocycles. The molecular weight excluding hydrogens is 231 g/mol. The van der Waals surface area contributed by atoms with Gasteiger partial charge in [0.15, 0.2) is 0 Å². The third-order valence-corrected chi connectivity index (χ3v) is 3.09. The van der Waals surface area contributed by atoms with Crippen LogP contribution >= 0.6 is 0 Å². The smallest absolute Gasteiger partial charge is 0.391 e. The number of piperidine rings is 1. The Hall–Kier alpha value is -1.07. The normalized spacial score (nSPS) is 25.9. The summed E-state index contributed by atoms with van der Waals surface area (Å²) < 4.78 is 37.7. The zero-order valence-electron chi connectivity index (χ0n) is 9.17. The van der Waals surface area contributed by atoms with E-state index in [-0.39, 0.29) is 5.92 Å². The molecule has 17 heavy (non-hydrogen) atoms. The molecule has 1 aliphatic rings. The Morgan fingerprint density at radius 1 is 1.29 bits per heavy atom. The first-order valence-corrected chi connectivity index (χ1v) is 5.54. The van der Waals surface area contributed by atoms with Gasteiger partial charge in [-0.1, -0.05) is 18.2 Å². The molecule has 1 fully saturated rings. The number of aliphatic hydroxyl groups excluding tert-OH is 1. The fourth-order valence-electron chi connectivity index (χ4n) is 2.18. The first kappa shape index (κ1) is 12.4. The average Bonchev–Trinajstić information content (AvgIpc) is 2.29. The molecule has 0 saturated carbocycles. The van der Waals surface area contributed by atoms with Crippen molar-refractivity contribution in [3.05, 3.63) is 35.4 Å². The summed E-state index contributed by atoms with van der Waals surface area (Å²) in [6, 6.07) is 5.23. The minimum atomic E-state index is -4.33. The summed E-state index contributed by atoms with van der Waals surface area (Å²) in [7, 11) is 0. The average molecular weight is 245 g/mol. The number of β-amino-alcohol motifs (C(OH)–C–C–N with tert-alkyl or cyclic N) is 1. The molecule has 2 N–H and O–H groups in total. The van der Waals surface area contributed by atoms with E-state index in [9.17, 15) is 18.3 Å². The predicted molar refractivity (Wildman–Crippen MR) is 57.7 cm³/mol. The van der Waals surface area contributed by atoms with Crippen LogP contribution in [0.25, 0.3) is 0 Å². The summed E-state index contributed by atoms with van der Waals surface area (Å²) in [6.07, 6.45) is -4.29. The van der Waals surface area contributed by atoms with Gasteiger partial charge in [0.05, 0.1) is 11.7 Å². The van der Waals surface area contributed by atoms with Crippen LogP contribution in [0, 0.1) is 0 Å². The van der Waals surface area contributed by atoms with E-state index in [4.69, 9.17) is 0 Å². The molecule has 1 aliphatic heterocycles. The van der Waals surface area contributed by atoms with Gasteiger partial charge in [-0.2, -0.15) is 13.2 Å². The number of nitrogens with one attached hydrogen (secondary N) is 1. The van der Waals surface area contributed by atoms with Gasteiger partial charge in [-0.3, -0.25) is 0 Å². The van der Waals surface area contributed by atoms with Gasteiger partial charge in [0.2, 0.25) is 0 Å². The summed E-state index contributed by atoms with van der Waals surface area (Å²) in [6.45, 7) is 1.15. The van der Waals surface area contributed by atoms with Crippen LogP contribution in [0.15, 0.2) is 24.3 Å². The van der Waals surface area contributed by atoms with Crippen LogP contribution in [0.5, 0.6) is 0 Å². The van der Waals surface area contributed by atoms with Gasteiger partial charge in [0, 0.05) is 12.5 Å². The first-order valence-electron chi connectivity index (χ1n) is 5.54. The van der Waals surface area contributed by atoms with Crippen molar-refractivity contribution in [1.82, 2.24) is 5.32 Å². The molecule has 2 nitrogen and oxygen atoms in total. The number of benzene rings is 1. The standard InChI is InChI=1S/C12H14F3NO/c13-12(14,15)9-3-1-2-8(6-9)10-4-5-16-7-11(10)17/h1-3,6,10-11,16-17H,4-5,7H2/t10-,11-/m1/s1. The molecule has 2 atom stereocenters. The summed E-state index contributed by atoms with van der Waals surface area (Å²) in [5.74, 6) is -0.210. The van der Waals surface area contributed by atoms with Crippen molar-refractivity contribution in [3.63, 3.8) is 0 Å². The zero-order valence-corrected chi connectivity index (χ0v) is 9.17. The maximum atomic E-state index is 12.6. The van der Waals surface area contributed by atoms with E-state index < -0.39 is 17.8 Å². The Morgan fingerprint density at radius 3 is 2.71 bits per heavy atom. The molecule has 0 amide bonds. The quantitative estimate of drug-likeness (QED) is 0.794. The minimum Gasteiger partial charge on any atom is -0.391 e. The Morgan fingerprint density at radius 2 is 2.06 bits per heavy atom. The molecular formula is C12H14F3NO. The number of hydrogen-bond donors (Lipinski definition) is 2. The topological polar surface area (TPSA) is 32.3 Å². The number of halogens is 3. The molecule has 94 valence electrons. The molecule has 1 aromatic carbocycles. The molecule has 0 spiro atoms. The molecule has 0 bridgehead atoms. The third-order valence-electron chi connectivity index (χ3n) is 3.09. The lowest BCUT2D eigenvalue weighted by atomic mass is 9.87. The van der Waals surface area contributed by atoms with Gasteiger partial charge in [0.25, 0.3) is 0 Å². The second kappa shape index (κ2) is 4.66. The number of rotatable bonds is 1. The SMILES string of the molecule is O[C@@H]1CNCC[C@@H]1c1cccc(C(F)(F)F)c1. The summed E-state index contributed by atoms with van der Waals surface area (Å²) in [5, 5.41) is 12.8. The third kappa shape index (κ3) is 2.79. The van der Waals surface area contributed by atoms with Crippen molar-refractivity contribution in [1.29, 1.82) is 0 Å². The van der Waals surface area contributed by atoms with Crippen molar-refractivity contribution in [2.45, 2.75) is 24.6 Å². The molecule has 2 rings (SSSR count). The van der Waals surface area contributed by atoms with Crippen molar-refractivity contribution in [3.8, 4) is 0 Å². The van der Waals surface area contributed by atoms with Crippen LogP contribution in [0.4, 0.5) is 13.2 Å². The second-order valence-electron chi connectivity index (χ2n) is 4.29. The Labute approximate surface area is 97.5 Å². The second-order valence-corrected chi connectivity index (χ2v) is 4.29. The fraction of sp³-hybridized carbons (Fsp3) is 0.500. The predicted octanol–water partition coefficient (Wildman–Crippen LogP) is 2.14. The highest BCUT2D eigenvalue weighted by molar-refractivity contribution is 5.29. The Kier molecular flexibility index (Phi) is 3.40. The Balaban J connectivity index is 2.26. The van der Waals surface area contributed by atoms with Crippen LogP contribution in [-0.4, -0.2) is 24.3 Å². The molecule has 0 aromatic heterocycles. The molecule has 0 aliphatic carbocycles. The summed E-state index contributed by atoms with van der Waals surface area (Å²) in [4.78, 5) is 0. The number of hydrogen-bond acceptors (Lipinski definition) is 2. The van der Waals surface area contributed by atoms with Crippen molar-refractivity contribution < 1.29 is 18.3 Å². The van der Waals surface area contributed by atoms with Crippen molar-refractivity contribution in [2.75, 3.05) is 13.1 Å². The summed E-state index contributed by atoms with van der Waals surface area (Å²) in [5.41, 5.74) is -0.0884. The molecule has 0 unspecified atom stereocenters. The molecule has 0 radical (unpaired) electrons. The highest BCUT2D eigenvalue weighted by Crippen LogP contribution is 2.33. The largest absolute Gasteiger partial charge is 0.416 e. The van der Waals surface area contributed by atoms with E-state index >= 15 is 0 Å². The van der Waals surface area contributed by atoms with Gasteiger partial charge in [-0.15, -0.1) is 0 Å². The van der Waals surface area contributed by atoms with E-state index in [2.05, 4.69) is 5.32 Å². The minimum absolute atomic E-state index is 0.210. The lowest BCUT2D eigenvalue weighted by Crippen LogP contribution is -2.39. The highest BCUT2D eigenvalue weighted by atomic mass is 19.4. The lowest BCUT2D eigenvalue weighted by Gasteiger charge is -2.29. The van der Waals surface area contributed by atoms with Crippen LogP contribution in [-0.2, 0) is 6.18 Å². The zero-order chi connectivity index (χ0) is 12.5. The van der Waals surface area contributed by atoms with Crippen molar-refractivity contribution in [2.24, 2.45) is 0 Å². The van der Waals surface area contributed by atoms with E-state index in [1.807, 2.05) is 0 Å². The molecule has 1 heterocycles. The van der Waals surface area contributed by atoms with Crippen molar-refractivity contribution >= 4 is 0 Å². The maximum absolute atomic E-state index is 12.6. The first-order chi connectivity index (χ1) is 7.98. The number of aliphatic hydroxyl groups is 1. The lowest BCUT2D eigenvalue weighted by molar-refractivity contribution is -0.137. The number of alkyl halides is 3. The highest BCUT2D eigenvalue weighted by Gasteiger charge is 2.32. The van der Waals surface area contributed by atoms with E-state index in [0.29, 0.717) is 18.5 Å². The Bertz CT molecular complexity index is 392. The fourth-order valence-corrected chi connectivity index (χ4v) is 2.18. The summed E-state index contributed by atoms with van der Waals surface area (Å²) >= 11 is 0.